The summed E-state index contributed by atoms with van der Waals surface area (Å²) in [5.41, 5.74) is 3.46. The molecule has 0 aliphatic carbocycles. The van der Waals surface area contributed by atoms with Gasteiger partial charge in [0, 0.05) is 18.0 Å². The maximum absolute atomic E-state index is 8.89. The van der Waals surface area contributed by atoms with E-state index in [2.05, 4.69) is 10.1 Å². The Labute approximate surface area is 112 Å². The molecule has 4 heteroatoms. The summed E-state index contributed by atoms with van der Waals surface area (Å²) in [5, 5.41) is 12.1. The number of benzene rings is 1. The Morgan fingerprint density at radius 2 is 2.00 bits per heavy atom. The Morgan fingerprint density at radius 1 is 1.26 bits per heavy atom. The van der Waals surface area contributed by atoms with Gasteiger partial charge in [-0.1, -0.05) is 11.2 Å². The molecule has 2 rings (SSSR count). The molecule has 4 nitrogen and oxygen atoms in total. The molecular formula is C15H16N2O2. The van der Waals surface area contributed by atoms with E-state index in [9.17, 15) is 0 Å². The zero-order valence-corrected chi connectivity index (χ0v) is 11.0. The number of ether oxygens (including phenoxy) is 1. The van der Waals surface area contributed by atoms with Crippen molar-refractivity contribution in [3.63, 3.8) is 0 Å². The highest BCUT2D eigenvalue weighted by atomic mass is 16.5. The Morgan fingerprint density at radius 3 is 2.68 bits per heavy atom. The third kappa shape index (κ3) is 3.31. The van der Waals surface area contributed by atoms with Gasteiger partial charge < -0.3 is 9.94 Å². The highest BCUT2D eigenvalue weighted by Crippen LogP contribution is 2.22. The molecule has 19 heavy (non-hydrogen) atoms. The predicted molar refractivity (Wildman–Crippen MR) is 73.7 cm³/mol. The van der Waals surface area contributed by atoms with Gasteiger partial charge in [0.1, 0.15) is 12.4 Å². The highest BCUT2D eigenvalue weighted by molar-refractivity contribution is 6.00. The van der Waals surface area contributed by atoms with Crippen molar-refractivity contribution in [1.82, 2.24) is 4.98 Å². The number of hydrogen-bond donors (Lipinski definition) is 1. The van der Waals surface area contributed by atoms with E-state index in [4.69, 9.17) is 9.94 Å². The van der Waals surface area contributed by atoms with E-state index in [0.717, 1.165) is 16.7 Å². The molecule has 98 valence electrons. The lowest BCUT2D eigenvalue weighted by atomic mass is 10.1. The maximum atomic E-state index is 8.89. The number of pyridine rings is 1. The zero-order chi connectivity index (χ0) is 13.7. The van der Waals surface area contributed by atoms with Crippen molar-refractivity contribution in [2.75, 3.05) is 0 Å². The number of oxime groups is 1. The molecule has 0 atom stereocenters. The lowest BCUT2D eigenvalue weighted by molar-refractivity contribution is 0.303. The Bertz CT molecular complexity index is 580. The molecule has 0 saturated carbocycles. The number of aromatic nitrogens is 1. The average molecular weight is 256 g/mol. The van der Waals surface area contributed by atoms with E-state index in [1.807, 2.05) is 37.3 Å². The number of nitrogens with zero attached hydrogens (tertiary/aromatic N) is 2. The molecular weight excluding hydrogens is 240 g/mol. The first kappa shape index (κ1) is 13.1. The molecule has 0 amide bonds. The van der Waals surface area contributed by atoms with E-state index in [-0.39, 0.29) is 0 Å². The first-order valence-electron chi connectivity index (χ1n) is 6.02. The molecule has 0 bridgehead atoms. The van der Waals surface area contributed by atoms with Crippen molar-refractivity contribution in [1.29, 1.82) is 0 Å². The maximum Gasteiger partial charge on any atom is 0.129 e. The largest absolute Gasteiger partial charge is 0.488 e. The van der Waals surface area contributed by atoms with Crippen LogP contribution in [0.2, 0.25) is 0 Å². The van der Waals surface area contributed by atoms with Crippen molar-refractivity contribution >= 4 is 5.71 Å². The standard InChI is InChI=1S/C15H16N2O2/c1-11-3-4-14(12(2)17-18)15(9-11)19-10-13-5-7-16-8-6-13/h3-9,18H,10H2,1-2H3. The zero-order valence-electron chi connectivity index (χ0n) is 11.0. The van der Waals surface area contributed by atoms with Crippen LogP contribution in [0.25, 0.3) is 0 Å². The van der Waals surface area contributed by atoms with E-state index in [0.29, 0.717) is 18.1 Å². The molecule has 0 aliphatic heterocycles. The van der Waals surface area contributed by atoms with E-state index in [1.165, 1.54) is 0 Å². The molecule has 1 N–H and O–H groups in total. The molecule has 0 aliphatic rings. The van der Waals surface area contributed by atoms with E-state index in [1.54, 1.807) is 19.3 Å². The lowest BCUT2D eigenvalue weighted by Crippen LogP contribution is -2.03. The summed E-state index contributed by atoms with van der Waals surface area (Å²) in [4.78, 5) is 3.97. The fourth-order valence-corrected chi connectivity index (χ4v) is 1.74. The van der Waals surface area contributed by atoms with Crippen molar-refractivity contribution in [2.24, 2.45) is 5.16 Å². The summed E-state index contributed by atoms with van der Waals surface area (Å²) in [6.07, 6.45) is 3.46. The topological polar surface area (TPSA) is 54.7 Å². The minimum Gasteiger partial charge on any atom is -0.488 e. The van der Waals surface area contributed by atoms with Gasteiger partial charge in [-0.25, -0.2) is 0 Å². The molecule has 0 fully saturated rings. The highest BCUT2D eigenvalue weighted by Gasteiger charge is 2.08. The van der Waals surface area contributed by atoms with Crippen LogP contribution in [0, 0.1) is 6.92 Å². The molecule has 0 spiro atoms. The minimum atomic E-state index is 0.456. The third-order valence-corrected chi connectivity index (χ3v) is 2.82. The second-order valence-corrected chi connectivity index (χ2v) is 4.33. The summed E-state index contributed by atoms with van der Waals surface area (Å²) in [6, 6.07) is 9.60. The van der Waals surface area contributed by atoms with Crippen LogP contribution in [-0.2, 0) is 6.61 Å². The monoisotopic (exact) mass is 256 g/mol. The van der Waals surface area contributed by atoms with Gasteiger partial charge in [0.15, 0.2) is 0 Å². The van der Waals surface area contributed by atoms with E-state index < -0.39 is 0 Å². The van der Waals surface area contributed by atoms with Crippen LogP contribution in [0.4, 0.5) is 0 Å². The SMILES string of the molecule is CC(=NO)c1ccc(C)cc1OCc1ccncc1. The first-order valence-corrected chi connectivity index (χ1v) is 6.02. The summed E-state index contributed by atoms with van der Waals surface area (Å²) < 4.78 is 5.81. The van der Waals surface area contributed by atoms with Crippen molar-refractivity contribution in [2.45, 2.75) is 20.5 Å². The quantitative estimate of drug-likeness (QED) is 0.519. The van der Waals surface area contributed by atoms with Gasteiger partial charge in [-0.3, -0.25) is 4.98 Å². The van der Waals surface area contributed by atoms with Crippen molar-refractivity contribution in [3.8, 4) is 5.75 Å². The normalized spacial score (nSPS) is 11.4. The number of rotatable bonds is 4. The molecule has 0 radical (unpaired) electrons. The molecule has 0 saturated heterocycles. The minimum absolute atomic E-state index is 0.456. The summed E-state index contributed by atoms with van der Waals surface area (Å²) in [5.74, 6) is 0.715. The fourth-order valence-electron chi connectivity index (χ4n) is 1.74. The second kappa shape index (κ2) is 6.00. The number of aryl methyl sites for hydroxylation is 1. The van der Waals surface area contributed by atoms with Gasteiger partial charge in [0.2, 0.25) is 0 Å². The van der Waals surface area contributed by atoms with Gasteiger partial charge in [-0.15, -0.1) is 0 Å². The van der Waals surface area contributed by atoms with Crippen molar-refractivity contribution < 1.29 is 9.94 Å². The molecule has 1 heterocycles. The molecule has 1 aromatic heterocycles. The van der Waals surface area contributed by atoms with Gasteiger partial charge in [-0.05, 0) is 49.2 Å². The van der Waals surface area contributed by atoms with Crippen LogP contribution >= 0.6 is 0 Å². The number of hydrogen-bond acceptors (Lipinski definition) is 4. The smallest absolute Gasteiger partial charge is 0.129 e. The van der Waals surface area contributed by atoms with Gasteiger partial charge in [0.25, 0.3) is 0 Å². The van der Waals surface area contributed by atoms with Gasteiger partial charge in [0.05, 0.1) is 5.71 Å². The van der Waals surface area contributed by atoms with Crippen LogP contribution < -0.4 is 4.74 Å². The fraction of sp³-hybridized carbons (Fsp3) is 0.200. The lowest BCUT2D eigenvalue weighted by Gasteiger charge is -2.11. The first-order chi connectivity index (χ1) is 9.20. The molecule has 1 aromatic carbocycles. The molecule has 0 unspecified atom stereocenters. The predicted octanol–water partition coefficient (Wildman–Crippen LogP) is 3.17. The van der Waals surface area contributed by atoms with Gasteiger partial charge in [-0.2, -0.15) is 0 Å². The van der Waals surface area contributed by atoms with Crippen molar-refractivity contribution in [3.05, 3.63) is 59.4 Å². The van der Waals surface area contributed by atoms with Gasteiger partial charge >= 0.3 is 0 Å². The Kier molecular flexibility index (Phi) is 4.13. The second-order valence-electron chi connectivity index (χ2n) is 4.33. The molecule has 2 aromatic rings. The third-order valence-electron chi connectivity index (χ3n) is 2.82. The summed E-state index contributed by atoms with van der Waals surface area (Å²) in [7, 11) is 0. The van der Waals surface area contributed by atoms with Crippen LogP contribution in [-0.4, -0.2) is 15.9 Å². The van der Waals surface area contributed by atoms with E-state index >= 15 is 0 Å². The van der Waals surface area contributed by atoms with Crippen LogP contribution in [0.1, 0.15) is 23.6 Å². The Hall–Kier alpha value is -2.36. The summed E-state index contributed by atoms with van der Waals surface area (Å²) in [6.45, 7) is 4.19. The van der Waals surface area contributed by atoms with Crippen LogP contribution in [0.15, 0.2) is 47.9 Å². The Balaban J connectivity index is 2.21. The summed E-state index contributed by atoms with van der Waals surface area (Å²) >= 11 is 0. The average Bonchev–Trinajstić information content (AvgIpc) is 2.45. The van der Waals surface area contributed by atoms with Crippen LogP contribution in [0.5, 0.6) is 5.75 Å². The van der Waals surface area contributed by atoms with Crippen LogP contribution in [0.3, 0.4) is 0 Å².